The molecule has 0 unspecified atom stereocenters. The minimum atomic E-state index is -3.74. The fraction of sp³-hybridized carbons (Fsp3) is 0.455. The Balaban J connectivity index is 2.13. The van der Waals surface area contributed by atoms with Crippen molar-refractivity contribution < 1.29 is 12.8 Å². The molecular formula is C11H17N5O3S. The summed E-state index contributed by atoms with van der Waals surface area (Å²) in [6, 6.07) is 0. The maximum Gasteiger partial charge on any atom is 0.246 e. The number of nitrogen functional groups attached to an aromatic ring is 1. The van der Waals surface area contributed by atoms with Crippen LogP contribution in [0.3, 0.4) is 0 Å². The predicted molar refractivity (Wildman–Crippen MR) is 72.2 cm³/mol. The summed E-state index contributed by atoms with van der Waals surface area (Å²) in [4.78, 5) is 3.89. The average Bonchev–Trinajstić information content (AvgIpc) is 2.94. The standard InChI is InChI=1S/C11H17N5O3S/c1-3-4-16-7-9(11(12)15-16)20(17,18)14-6-10-13-5-8(2)19-10/h5,7,14H,3-4,6H2,1-2H3,(H2,12,15). The minimum absolute atomic E-state index is 0.0189. The van der Waals surface area contributed by atoms with E-state index in [2.05, 4.69) is 14.8 Å². The third-order valence-electron chi connectivity index (χ3n) is 2.58. The van der Waals surface area contributed by atoms with E-state index in [9.17, 15) is 8.42 Å². The maximum atomic E-state index is 12.1. The number of aromatic nitrogens is 3. The molecule has 0 bridgehead atoms. The molecule has 0 fully saturated rings. The Kier molecular flexibility index (Phi) is 4.09. The lowest BCUT2D eigenvalue weighted by Crippen LogP contribution is -2.23. The number of oxazole rings is 1. The van der Waals surface area contributed by atoms with Gasteiger partial charge in [-0.15, -0.1) is 0 Å². The quantitative estimate of drug-likeness (QED) is 0.809. The smallest absolute Gasteiger partial charge is 0.246 e. The van der Waals surface area contributed by atoms with Gasteiger partial charge >= 0.3 is 0 Å². The predicted octanol–water partition coefficient (Wildman–Crippen LogP) is 0.650. The number of nitrogens with zero attached hydrogens (tertiary/aromatic N) is 3. The lowest BCUT2D eigenvalue weighted by Gasteiger charge is -2.02. The Morgan fingerprint density at radius 3 is 2.85 bits per heavy atom. The van der Waals surface area contributed by atoms with Gasteiger partial charge in [0.25, 0.3) is 0 Å². The van der Waals surface area contributed by atoms with Gasteiger partial charge in [-0.1, -0.05) is 6.92 Å². The van der Waals surface area contributed by atoms with E-state index >= 15 is 0 Å². The Bertz CT molecular complexity index is 689. The SMILES string of the molecule is CCCn1cc(S(=O)(=O)NCc2ncc(C)o2)c(N)n1. The molecule has 2 aromatic rings. The first-order valence-corrected chi connectivity index (χ1v) is 7.64. The van der Waals surface area contributed by atoms with Crippen LogP contribution in [-0.2, 0) is 23.1 Å². The van der Waals surface area contributed by atoms with Gasteiger partial charge in [0.2, 0.25) is 15.9 Å². The highest BCUT2D eigenvalue weighted by Gasteiger charge is 2.21. The summed E-state index contributed by atoms with van der Waals surface area (Å²) in [7, 11) is -3.74. The molecule has 2 heterocycles. The Hall–Kier alpha value is -1.87. The van der Waals surface area contributed by atoms with Gasteiger partial charge in [0, 0.05) is 12.7 Å². The molecule has 2 rings (SSSR count). The molecule has 0 aromatic carbocycles. The third kappa shape index (κ3) is 3.17. The van der Waals surface area contributed by atoms with Gasteiger partial charge in [-0.3, -0.25) is 4.68 Å². The topological polar surface area (TPSA) is 116 Å². The molecule has 0 aliphatic carbocycles. The molecule has 0 saturated heterocycles. The molecule has 0 radical (unpaired) electrons. The molecule has 0 saturated carbocycles. The molecule has 110 valence electrons. The number of hydrogen-bond donors (Lipinski definition) is 2. The summed E-state index contributed by atoms with van der Waals surface area (Å²) >= 11 is 0. The van der Waals surface area contributed by atoms with Gasteiger partial charge in [-0.05, 0) is 13.3 Å². The van der Waals surface area contributed by atoms with Crippen molar-refractivity contribution in [3.8, 4) is 0 Å². The molecule has 0 spiro atoms. The van der Waals surface area contributed by atoms with E-state index in [1.165, 1.54) is 17.1 Å². The molecule has 9 heteroatoms. The van der Waals surface area contributed by atoms with Gasteiger partial charge in [0.05, 0.1) is 12.7 Å². The highest BCUT2D eigenvalue weighted by Crippen LogP contribution is 2.16. The second kappa shape index (κ2) is 5.63. The highest BCUT2D eigenvalue weighted by molar-refractivity contribution is 7.89. The van der Waals surface area contributed by atoms with Crippen molar-refractivity contribution in [2.75, 3.05) is 5.73 Å². The van der Waals surface area contributed by atoms with Crippen LogP contribution in [0, 0.1) is 6.92 Å². The van der Waals surface area contributed by atoms with Crippen molar-refractivity contribution in [3.05, 3.63) is 24.0 Å². The number of rotatable bonds is 6. The van der Waals surface area contributed by atoms with Crippen LogP contribution >= 0.6 is 0 Å². The van der Waals surface area contributed by atoms with Gasteiger partial charge in [-0.2, -0.15) is 5.10 Å². The van der Waals surface area contributed by atoms with Crippen LogP contribution in [0.1, 0.15) is 25.0 Å². The van der Waals surface area contributed by atoms with Crippen LogP contribution < -0.4 is 10.5 Å². The highest BCUT2D eigenvalue weighted by atomic mass is 32.2. The fourth-order valence-electron chi connectivity index (χ4n) is 1.69. The summed E-state index contributed by atoms with van der Waals surface area (Å²) in [6.07, 6.45) is 3.78. The van der Waals surface area contributed by atoms with Crippen molar-refractivity contribution in [1.29, 1.82) is 0 Å². The Morgan fingerprint density at radius 1 is 1.50 bits per heavy atom. The number of aryl methyl sites for hydroxylation is 2. The monoisotopic (exact) mass is 299 g/mol. The average molecular weight is 299 g/mol. The first-order chi connectivity index (χ1) is 9.42. The van der Waals surface area contributed by atoms with Crippen LogP contribution in [0.2, 0.25) is 0 Å². The fourth-order valence-corrected chi connectivity index (χ4v) is 2.73. The summed E-state index contributed by atoms with van der Waals surface area (Å²) in [5.41, 5.74) is 5.64. The molecule has 0 aliphatic heterocycles. The summed E-state index contributed by atoms with van der Waals surface area (Å²) in [5.74, 6) is 0.898. The van der Waals surface area contributed by atoms with Gasteiger partial charge in [0.1, 0.15) is 10.7 Å². The number of sulfonamides is 1. The third-order valence-corrected chi connectivity index (χ3v) is 4.00. The van der Waals surface area contributed by atoms with E-state index in [-0.39, 0.29) is 17.3 Å². The first-order valence-electron chi connectivity index (χ1n) is 6.16. The van der Waals surface area contributed by atoms with Crippen molar-refractivity contribution in [2.45, 2.75) is 38.3 Å². The second-order valence-corrected chi connectivity index (χ2v) is 6.07. The molecule has 0 aliphatic rings. The zero-order chi connectivity index (χ0) is 14.8. The zero-order valence-electron chi connectivity index (χ0n) is 11.3. The van der Waals surface area contributed by atoms with Gasteiger partial charge in [0.15, 0.2) is 5.82 Å². The summed E-state index contributed by atoms with van der Waals surface area (Å²) in [6.45, 7) is 4.28. The van der Waals surface area contributed by atoms with Crippen LogP contribution in [0.25, 0.3) is 0 Å². The largest absolute Gasteiger partial charge is 0.445 e. The number of nitrogens with one attached hydrogen (secondary N) is 1. The lowest BCUT2D eigenvalue weighted by atomic mass is 10.5. The van der Waals surface area contributed by atoms with E-state index in [0.717, 1.165) is 6.42 Å². The van der Waals surface area contributed by atoms with E-state index in [1.54, 1.807) is 6.92 Å². The zero-order valence-corrected chi connectivity index (χ0v) is 12.1. The van der Waals surface area contributed by atoms with Crippen LogP contribution in [0.15, 0.2) is 21.7 Å². The Morgan fingerprint density at radius 2 is 2.25 bits per heavy atom. The van der Waals surface area contributed by atoms with Gasteiger partial charge < -0.3 is 10.2 Å². The van der Waals surface area contributed by atoms with E-state index in [1.807, 2.05) is 6.92 Å². The minimum Gasteiger partial charge on any atom is -0.445 e. The van der Waals surface area contributed by atoms with Crippen LogP contribution in [0.4, 0.5) is 5.82 Å². The van der Waals surface area contributed by atoms with Crippen molar-refractivity contribution in [1.82, 2.24) is 19.5 Å². The normalized spacial score (nSPS) is 11.9. The molecular weight excluding hydrogens is 282 g/mol. The van der Waals surface area contributed by atoms with Crippen LogP contribution in [-0.4, -0.2) is 23.2 Å². The molecule has 20 heavy (non-hydrogen) atoms. The van der Waals surface area contributed by atoms with Crippen molar-refractivity contribution in [2.24, 2.45) is 0 Å². The molecule has 0 atom stereocenters. The van der Waals surface area contributed by atoms with E-state index in [4.69, 9.17) is 10.2 Å². The van der Waals surface area contributed by atoms with Crippen molar-refractivity contribution >= 4 is 15.8 Å². The summed E-state index contributed by atoms with van der Waals surface area (Å²) in [5, 5.41) is 3.96. The first kappa shape index (κ1) is 14.5. The lowest BCUT2D eigenvalue weighted by molar-refractivity contribution is 0.463. The van der Waals surface area contributed by atoms with Crippen molar-refractivity contribution in [3.63, 3.8) is 0 Å². The number of anilines is 1. The van der Waals surface area contributed by atoms with Gasteiger partial charge in [-0.25, -0.2) is 18.1 Å². The maximum absolute atomic E-state index is 12.1. The number of nitrogens with two attached hydrogens (primary N) is 1. The second-order valence-electron chi connectivity index (χ2n) is 4.33. The molecule has 3 N–H and O–H groups in total. The molecule has 0 amide bonds. The Labute approximate surface area is 117 Å². The summed E-state index contributed by atoms with van der Waals surface area (Å²) < 4.78 is 33.4. The molecule has 2 aromatic heterocycles. The van der Waals surface area contributed by atoms with E-state index in [0.29, 0.717) is 18.2 Å². The van der Waals surface area contributed by atoms with E-state index < -0.39 is 10.0 Å². The van der Waals surface area contributed by atoms with Crippen LogP contribution in [0.5, 0.6) is 0 Å². The molecule has 8 nitrogen and oxygen atoms in total. The number of hydrogen-bond acceptors (Lipinski definition) is 6.